The molecule has 0 aromatic rings. The van der Waals surface area contributed by atoms with Gasteiger partial charge in [-0.15, -0.1) is 0 Å². The number of nitrogens with two attached hydrogens (primary N) is 3. The van der Waals surface area contributed by atoms with Crippen molar-refractivity contribution in [3.63, 3.8) is 0 Å². The van der Waals surface area contributed by atoms with E-state index >= 15 is 0 Å². The molecule has 0 heterocycles. The van der Waals surface area contributed by atoms with Gasteiger partial charge in [-0.05, 0) is 19.3 Å². The van der Waals surface area contributed by atoms with E-state index in [2.05, 4.69) is 10.3 Å². The number of carbonyl (C=O) groups is 1. The van der Waals surface area contributed by atoms with Gasteiger partial charge in [0, 0.05) is 20.3 Å². The van der Waals surface area contributed by atoms with E-state index in [1.807, 2.05) is 0 Å². The summed E-state index contributed by atoms with van der Waals surface area (Å²) >= 11 is 0. The normalized spacial score (nSPS) is 13.3. The van der Waals surface area contributed by atoms with E-state index in [0.717, 1.165) is 6.42 Å². The summed E-state index contributed by atoms with van der Waals surface area (Å²) < 4.78 is 10.1. The van der Waals surface area contributed by atoms with Gasteiger partial charge in [0.1, 0.15) is 6.73 Å². The van der Waals surface area contributed by atoms with Crippen LogP contribution in [0.4, 0.5) is 0 Å². The maximum Gasteiger partial charge on any atom is 0.234 e. The molecule has 0 saturated heterocycles. The lowest BCUT2D eigenvalue weighted by molar-refractivity contribution is -0.119. The average Bonchev–Trinajstić information content (AvgIpc) is 2.38. The van der Waals surface area contributed by atoms with Crippen LogP contribution in [-0.4, -0.2) is 51.5 Å². The number of nitrogens with zero attached hydrogens (tertiary/aromatic N) is 1. The fraction of sp³-hybridized carbons (Fsp3) is 0.818. The highest BCUT2D eigenvalue weighted by atomic mass is 16.5. The Morgan fingerprint density at radius 1 is 1.32 bits per heavy atom. The van der Waals surface area contributed by atoms with Crippen molar-refractivity contribution >= 4 is 11.9 Å². The molecule has 0 aromatic carbocycles. The Labute approximate surface area is 113 Å². The molecular formula is C11H25N5O3. The molecule has 19 heavy (non-hydrogen) atoms. The first-order valence-corrected chi connectivity index (χ1v) is 6.23. The first-order chi connectivity index (χ1) is 9.07. The van der Waals surface area contributed by atoms with Crippen molar-refractivity contribution in [3.05, 3.63) is 0 Å². The zero-order valence-corrected chi connectivity index (χ0v) is 11.4. The van der Waals surface area contributed by atoms with E-state index in [1.165, 1.54) is 0 Å². The molecule has 0 bridgehead atoms. The third kappa shape index (κ3) is 11.4. The number of ether oxygens (including phenoxy) is 2. The number of guanidine groups is 1. The standard InChI is InChI=1S/C11H25N5O3/c1-18-6-3-7-19-8-16-11(14)15-5-2-4-9(12)10(13)17/h9H,2-8,12H2,1H3,(H2,13,17)(H3,14,15,16). The Hall–Kier alpha value is -1.38. The Bertz CT molecular complexity index is 273. The summed E-state index contributed by atoms with van der Waals surface area (Å²) in [5.41, 5.74) is 16.1. The second kappa shape index (κ2) is 11.7. The highest BCUT2D eigenvalue weighted by Crippen LogP contribution is 1.91. The van der Waals surface area contributed by atoms with Crippen LogP contribution in [0, 0.1) is 0 Å². The van der Waals surface area contributed by atoms with Crippen molar-refractivity contribution in [2.24, 2.45) is 22.2 Å². The van der Waals surface area contributed by atoms with Gasteiger partial charge in [0.25, 0.3) is 0 Å². The molecule has 0 fully saturated rings. The lowest BCUT2D eigenvalue weighted by Gasteiger charge is -2.08. The predicted octanol–water partition coefficient (Wildman–Crippen LogP) is -1.51. The third-order valence-electron chi connectivity index (χ3n) is 2.33. The van der Waals surface area contributed by atoms with Crippen LogP contribution >= 0.6 is 0 Å². The van der Waals surface area contributed by atoms with Gasteiger partial charge in [0.2, 0.25) is 5.91 Å². The predicted molar refractivity (Wildman–Crippen MR) is 73.3 cm³/mol. The van der Waals surface area contributed by atoms with E-state index in [0.29, 0.717) is 38.6 Å². The molecule has 0 aliphatic heterocycles. The second-order valence-electron chi connectivity index (χ2n) is 4.00. The van der Waals surface area contributed by atoms with E-state index in [-0.39, 0.29) is 6.73 Å². The van der Waals surface area contributed by atoms with Crippen LogP contribution in [0.5, 0.6) is 0 Å². The van der Waals surface area contributed by atoms with E-state index < -0.39 is 11.9 Å². The molecule has 0 saturated carbocycles. The van der Waals surface area contributed by atoms with Gasteiger partial charge in [-0.2, -0.15) is 0 Å². The minimum absolute atomic E-state index is 0.212. The van der Waals surface area contributed by atoms with Crippen molar-refractivity contribution in [3.8, 4) is 0 Å². The summed E-state index contributed by atoms with van der Waals surface area (Å²) in [7, 11) is 1.64. The van der Waals surface area contributed by atoms with E-state index in [1.54, 1.807) is 7.11 Å². The van der Waals surface area contributed by atoms with E-state index in [9.17, 15) is 4.79 Å². The number of nitrogens with one attached hydrogen (secondary N) is 1. The lowest BCUT2D eigenvalue weighted by Crippen LogP contribution is -2.38. The molecule has 1 unspecified atom stereocenters. The number of hydrogen-bond donors (Lipinski definition) is 4. The molecule has 0 aromatic heterocycles. The van der Waals surface area contributed by atoms with Crippen molar-refractivity contribution in [1.29, 1.82) is 0 Å². The summed E-state index contributed by atoms with van der Waals surface area (Å²) in [6, 6.07) is -0.607. The second-order valence-corrected chi connectivity index (χ2v) is 4.00. The Balaban J connectivity index is 3.46. The fourth-order valence-corrected chi connectivity index (χ4v) is 1.22. The third-order valence-corrected chi connectivity index (χ3v) is 2.33. The smallest absolute Gasteiger partial charge is 0.234 e. The van der Waals surface area contributed by atoms with Gasteiger partial charge in [-0.1, -0.05) is 0 Å². The largest absolute Gasteiger partial charge is 0.385 e. The zero-order chi connectivity index (χ0) is 14.5. The van der Waals surface area contributed by atoms with Gasteiger partial charge < -0.3 is 32.0 Å². The molecule has 0 aliphatic carbocycles. The Morgan fingerprint density at radius 2 is 2.05 bits per heavy atom. The molecule has 1 atom stereocenters. The van der Waals surface area contributed by atoms with Gasteiger partial charge in [-0.25, -0.2) is 4.99 Å². The van der Waals surface area contributed by atoms with Crippen LogP contribution in [-0.2, 0) is 14.3 Å². The highest BCUT2D eigenvalue weighted by molar-refractivity contribution is 5.79. The fourth-order valence-electron chi connectivity index (χ4n) is 1.22. The number of aliphatic imine (C=N–C) groups is 1. The van der Waals surface area contributed by atoms with Gasteiger partial charge in [-0.3, -0.25) is 4.79 Å². The summed E-state index contributed by atoms with van der Waals surface area (Å²) in [6.07, 6.45) is 2.03. The molecule has 0 aliphatic rings. The van der Waals surface area contributed by atoms with Crippen LogP contribution in [0.15, 0.2) is 4.99 Å². The first-order valence-electron chi connectivity index (χ1n) is 6.23. The highest BCUT2D eigenvalue weighted by Gasteiger charge is 2.07. The number of amides is 1. The molecule has 7 N–H and O–H groups in total. The van der Waals surface area contributed by atoms with Gasteiger partial charge in [0.05, 0.1) is 12.6 Å². The zero-order valence-electron chi connectivity index (χ0n) is 11.4. The number of methoxy groups -OCH3 is 1. The van der Waals surface area contributed by atoms with Crippen LogP contribution in [0.2, 0.25) is 0 Å². The summed E-state index contributed by atoms with van der Waals surface area (Å²) in [6.45, 7) is 2.04. The molecule has 0 rings (SSSR count). The van der Waals surface area contributed by atoms with Crippen molar-refractivity contribution < 1.29 is 14.3 Å². The SMILES string of the molecule is COCCCOCN=C(N)NCCCC(N)C(N)=O. The van der Waals surface area contributed by atoms with Crippen molar-refractivity contribution in [2.75, 3.05) is 33.6 Å². The molecule has 8 heteroatoms. The van der Waals surface area contributed by atoms with Crippen LogP contribution in [0.3, 0.4) is 0 Å². The average molecular weight is 275 g/mol. The number of hydrogen-bond acceptors (Lipinski definition) is 5. The summed E-state index contributed by atoms with van der Waals surface area (Å²) in [4.78, 5) is 14.7. The van der Waals surface area contributed by atoms with Crippen molar-refractivity contribution in [1.82, 2.24) is 5.32 Å². The first kappa shape index (κ1) is 17.6. The number of carbonyl (C=O) groups excluding carboxylic acids is 1. The number of rotatable bonds is 11. The maximum atomic E-state index is 10.7. The van der Waals surface area contributed by atoms with Gasteiger partial charge >= 0.3 is 0 Å². The van der Waals surface area contributed by atoms with E-state index in [4.69, 9.17) is 26.7 Å². The molecule has 112 valence electrons. The molecule has 8 nitrogen and oxygen atoms in total. The summed E-state index contributed by atoms with van der Waals surface area (Å²) in [5.74, 6) is -0.189. The summed E-state index contributed by atoms with van der Waals surface area (Å²) in [5, 5.41) is 2.89. The molecule has 0 spiro atoms. The van der Waals surface area contributed by atoms with Crippen molar-refractivity contribution in [2.45, 2.75) is 25.3 Å². The Morgan fingerprint density at radius 3 is 2.68 bits per heavy atom. The van der Waals surface area contributed by atoms with Crippen LogP contribution in [0.1, 0.15) is 19.3 Å². The molecular weight excluding hydrogens is 250 g/mol. The minimum atomic E-state index is -0.607. The van der Waals surface area contributed by atoms with Crippen LogP contribution < -0.4 is 22.5 Å². The minimum Gasteiger partial charge on any atom is -0.385 e. The number of primary amides is 1. The molecule has 1 amide bonds. The van der Waals surface area contributed by atoms with Crippen LogP contribution in [0.25, 0.3) is 0 Å². The quantitative estimate of drug-likeness (QED) is 0.205. The van der Waals surface area contributed by atoms with Gasteiger partial charge in [0.15, 0.2) is 5.96 Å². The maximum absolute atomic E-state index is 10.7. The lowest BCUT2D eigenvalue weighted by atomic mass is 10.1. The monoisotopic (exact) mass is 275 g/mol. The Kier molecular flexibility index (Phi) is 10.8. The molecule has 0 radical (unpaired) electrons. The topological polar surface area (TPSA) is 138 Å².